The number of alkyl carbamates (subject to hydrolysis) is 1. The highest BCUT2D eigenvalue weighted by atomic mass is 16.6. The highest BCUT2D eigenvalue weighted by Crippen LogP contribution is 2.18. The van der Waals surface area contributed by atoms with Crippen LogP contribution in [-0.4, -0.2) is 41.3 Å². The van der Waals surface area contributed by atoms with Gasteiger partial charge in [0.05, 0.1) is 6.61 Å². The molecule has 0 aromatic heterocycles. The number of carbonyl (C=O) groups excluding carboxylic acids is 2. The molecule has 3 N–H and O–H groups in total. The maximum Gasteiger partial charge on any atom is 0.408 e. The van der Waals surface area contributed by atoms with Gasteiger partial charge in [0.2, 0.25) is 5.91 Å². The lowest BCUT2D eigenvalue weighted by molar-refractivity contribution is -0.137. The van der Waals surface area contributed by atoms with Crippen molar-refractivity contribution < 1.29 is 29.0 Å². The number of hydrogen-bond acceptors (Lipinski definition) is 5. The van der Waals surface area contributed by atoms with Crippen LogP contribution in [0.25, 0.3) is 0 Å². The van der Waals surface area contributed by atoms with E-state index in [0.29, 0.717) is 37.3 Å². The van der Waals surface area contributed by atoms with Crippen LogP contribution in [0.2, 0.25) is 0 Å². The Hall–Kier alpha value is -2.77. The molecule has 0 heterocycles. The van der Waals surface area contributed by atoms with Crippen LogP contribution in [0.1, 0.15) is 53.4 Å². The molecule has 1 unspecified atom stereocenters. The second kappa shape index (κ2) is 11.2. The fraction of sp³-hybridized carbons (Fsp3) is 0.550. The molecular weight excluding hydrogens is 364 g/mol. The second-order valence-corrected chi connectivity index (χ2v) is 7.29. The molecule has 28 heavy (non-hydrogen) atoms. The highest BCUT2D eigenvalue weighted by molar-refractivity contribution is 5.96. The first-order valence-electron chi connectivity index (χ1n) is 9.35. The van der Waals surface area contributed by atoms with E-state index in [1.807, 2.05) is 6.92 Å². The van der Waals surface area contributed by atoms with E-state index in [4.69, 9.17) is 14.6 Å². The summed E-state index contributed by atoms with van der Waals surface area (Å²) < 4.78 is 10.6. The average Bonchev–Trinajstić information content (AvgIpc) is 2.56. The zero-order valence-electron chi connectivity index (χ0n) is 16.9. The Morgan fingerprint density at radius 3 is 2.50 bits per heavy atom. The number of amides is 2. The van der Waals surface area contributed by atoms with E-state index >= 15 is 0 Å². The fourth-order valence-corrected chi connectivity index (χ4v) is 2.40. The van der Waals surface area contributed by atoms with Crippen molar-refractivity contribution in [3.05, 3.63) is 24.3 Å². The Bertz CT molecular complexity index is 669. The summed E-state index contributed by atoms with van der Waals surface area (Å²) in [6.07, 6.45) is 0.489. The molecule has 0 saturated heterocycles. The topological polar surface area (TPSA) is 114 Å². The third kappa shape index (κ3) is 9.80. The largest absolute Gasteiger partial charge is 0.494 e. The van der Waals surface area contributed by atoms with Crippen LogP contribution in [0, 0.1) is 0 Å². The molecule has 1 rings (SSSR count). The minimum Gasteiger partial charge on any atom is -0.494 e. The molecular formula is C20H30N2O6. The maximum atomic E-state index is 12.7. The smallest absolute Gasteiger partial charge is 0.408 e. The normalized spacial score (nSPS) is 12.0. The van der Waals surface area contributed by atoms with E-state index in [-0.39, 0.29) is 6.42 Å². The van der Waals surface area contributed by atoms with Crippen LogP contribution in [-0.2, 0) is 14.3 Å². The van der Waals surface area contributed by atoms with Crippen molar-refractivity contribution in [2.24, 2.45) is 0 Å². The Morgan fingerprint density at radius 1 is 1.18 bits per heavy atom. The minimum absolute atomic E-state index is 0.0111. The third-order valence-electron chi connectivity index (χ3n) is 3.55. The van der Waals surface area contributed by atoms with Gasteiger partial charge in [0, 0.05) is 18.2 Å². The van der Waals surface area contributed by atoms with Crippen molar-refractivity contribution in [2.75, 3.05) is 11.9 Å². The zero-order valence-corrected chi connectivity index (χ0v) is 16.9. The van der Waals surface area contributed by atoms with Gasteiger partial charge in [0.15, 0.2) is 0 Å². The summed E-state index contributed by atoms with van der Waals surface area (Å²) in [6, 6.07) is 6.09. The molecule has 0 aliphatic rings. The van der Waals surface area contributed by atoms with Crippen LogP contribution in [0.4, 0.5) is 10.5 Å². The molecule has 156 valence electrons. The van der Waals surface area contributed by atoms with Gasteiger partial charge in [-0.05, 0) is 52.7 Å². The van der Waals surface area contributed by atoms with Crippen LogP contribution in [0.3, 0.4) is 0 Å². The predicted octanol–water partition coefficient (Wildman–Crippen LogP) is 3.56. The molecule has 2 amide bonds. The molecule has 8 nitrogen and oxygen atoms in total. The van der Waals surface area contributed by atoms with Gasteiger partial charge < -0.3 is 25.2 Å². The Morgan fingerprint density at radius 2 is 1.89 bits per heavy atom. The first-order chi connectivity index (χ1) is 13.1. The molecule has 1 aromatic rings. The Labute approximate surface area is 165 Å². The number of ether oxygens (including phenoxy) is 2. The SMILES string of the molecule is CCOc1cccc(NC(=O)C(CCCCC(=O)O)NC(=O)OC(C)(C)C)c1. The quantitative estimate of drug-likeness (QED) is 0.523. The predicted molar refractivity (Wildman–Crippen MR) is 106 cm³/mol. The number of nitrogens with one attached hydrogen (secondary N) is 2. The molecule has 0 aliphatic heterocycles. The van der Waals surface area contributed by atoms with Gasteiger partial charge in [-0.3, -0.25) is 9.59 Å². The van der Waals surface area contributed by atoms with Crippen LogP contribution in [0.15, 0.2) is 24.3 Å². The monoisotopic (exact) mass is 394 g/mol. The molecule has 0 spiro atoms. The number of unbranched alkanes of at least 4 members (excludes halogenated alkanes) is 1. The second-order valence-electron chi connectivity index (χ2n) is 7.29. The maximum absolute atomic E-state index is 12.7. The Balaban J connectivity index is 2.77. The fourth-order valence-electron chi connectivity index (χ4n) is 2.40. The van der Waals surface area contributed by atoms with Crippen molar-refractivity contribution >= 4 is 23.7 Å². The van der Waals surface area contributed by atoms with Crippen molar-refractivity contribution in [3.63, 3.8) is 0 Å². The summed E-state index contributed by atoms with van der Waals surface area (Å²) in [4.78, 5) is 35.4. The van der Waals surface area contributed by atoms with Crippen LogP contribution < -0.4 is 15.4 Å². The number of aliphatic carboxylic acids is 1. The minimum atomic E-state index is -0.895. The van der Waals surface area contributed by atoms with Crippen molar-refractivity contribution in [3.8, 4) is 5.75 Å². The molecule has 0 saturated carbocycles. The summed E-state index contributed by atoms with van der Waals surface area (Å²) in [5.41, 5.74) is -0.155. The molecule has 0 radical (unpaired) electrons. The lowest BCUT2D eigenvalue weighted by Crippen LogP contribution is -2.45. The van der Waals surface area contributed by atoms with E-state index < -0.39 is 29.6 Å². The summed E-state index contributed by atoms with van der Waals surface area (Å²) in [5.74, 6) is -0.679. The van der Waals surface area contributed by atoms with E-state index in [2.05, 4.69) is 10.6 Å². The summed E-state index contributed by atoms with van der Waals surface area (Å²) in [7, 11) is 0. The average molecular weight is 394 g/mol. The molecule has 8 heteroatoms. The molecule has 1 atom stereocenters. The molecule has 1 aromatic carbocycles. The number of carboxylic acid groups (broad SMARTS) is 1. The summed E-state index contributed by atoms with van der Waals surface area (Å²) >= 11 is 0. The highest BCUT2D eigenvalue weighted by Gasteiger charge is 2.24. The molecule has 0 fully saturated rings. The number of carboxylic acids is 1. The van der Waals surface area contributed by atoms with Crippen molar-refractivity contribution in [1.29, 1.82) is 0 Å². The van der Waals surface area contributed by atoms with Crippen LogP contribution in [0.5, 0.6) is 5.75 Å². The molecule has 0 aliphatic carbocycles. The summed E-state index contributed by atoms with van der Waals surface area (Å²) in [6.45, 7) is 7.56. The van der Waals surface area contributed by atoms with Gasteiger partial charge in [0.1, 0.15) is 17.4 Å². The third-order valence-corrected chi connectivity index (χ3v) is 3.55. The van der Waals surface area contributed by atoms with Gasteiger partial charge in [-0.1, -0.05) is 12.5 Å². The van der Waals surface area contributed by atoms with E-state index in [1.165, 1.54) is 0 Å². The first kappa shape index (κ1) is 23.3. The first-order valence-corrected chi connectivity index (χ1v) is 9.35. The number of rotatable bonds is 10. The lowest BCUT2D eigenvalue weighted by atomic mass is 10.1. The van der Waals surface area contributed by atoms with Gasteiger partial charge in [-0.25, -0.2) is 4.79 Å². The number of benzene rings is 1. The number of hydrogen-bond donors (Lipinski definition) is 3. The Kier molecular flexibility index (Phi) is 9.27. The van der Waals surface area contributed by atoms with E-state index in [0.717, 1.165) is 0 Å². The van der Waals surface area contributed by atoms with Crippen LogP contribution >= 0.6 is 0 Å². The summed E-state index contributed by atoms with van der Waals surface area (Å²) in [5, 5.41) is 14.1. The standard InChI is InChI=1S/C20H30N2O6/c1-5-27-15-10-8-9-14(13-15)21-18(25)16(11-6-7-12-17(23)24)22-19(26)28-20(2,3)4/h8-10,13,16H,5-7,11-12H2,1-4H3,(H,21,25)(H,22,26)(H,23,24). The van der Waals surface area contributed by atoms with Gasteiger partial charge >= 0.3 is 12.1 Å². The van der Waals surface area contributed by atoms with Crippen molar-refractivity contribution in [2.45, 2.75) is 65.0 Å². The van der Waals surface area contributed by atoms with Crippen molar-refractivity contribution in [1.82, 2.24) is 5.32 Å². The zero-order chi connectivity index (χ0) is 21.2. The lowest BCUT2D eigenvalue weighted by Gasteiger charge is -2.23. The number of carbonyl (C=O) groups is 3. The van der Waals surface area contributed by atoms with Gasteiger partial charge in [0.25, 0.3) is 0 Å². The van der Waals surface area contributed by atoms with Gasteiger partial charge in [-0.2, -0.15) is 0 Å². The van der Waals surface area contributed by atoms with E-state index in [1.54, 1.807) is 45.0 Å². The number of anilines is 1. The van der Waals surface area contributed by atoms with Gasteiger partial charge in [-0.15, -0.1) is 0 Å². The van der Waals surface area contributed by atoms with E-state index in [9.17, 15) is 14.4 Å². The molecule has 0 bridgehead atoms.